The van der Waals surface area contributed by atoms with Gasteiger partial charge in [0.2, 0.25) is 0 Å². The van der Waals surface area contributed by atoms with Crippen LogP contribution >= 0.6 is 0 Å². The lowest BCUT2D eigenvalue weighted by Gasteiger charge is -2.30. The van der Waals surface area contributed by atoms with Gasteiger partial charge >= 0.3 is 5.97 Å². The molecule has 1 saturated carbocycles. The molecule has 0 radical (unpaired) electrons. The van der Waals surface area contributed by atoms with Crippen molar-refractivity contribution in [3.05, 3.63) is 0 Å². The average molecular weight is 181 g/mol. The summed E-state index contributed by atoms with van der Waals surface area (Å²) in [6.45, 7) is 1.36. The van der Waals surface area contributed by atoms with Gasteiger partial charge in [0.15, 0.2) is 0 Å². The maximum Gasteiger partial charge on any atom is 0.317 e. The summed E-state index contributed by atoms with van der Waals surface area (Å²) in [5.41, 5.74) is 0. The van der Waals surface area contributed by atoms with Crippen molar-refractivity contribution in [2.75, 3.05) is 19.6 Å². The van der Waals surface area contributed by atoms with E-state index in [0.29, 0.717) is 12.5 Å². The molecule has 1 rings (SSSR count). The van der Waals surface area contributed by atoms with Gasteiger partial charge in [-0.05, 0) is 18.8 Å². The first-order valence-corrected chi connectivity index (χ1v) is 4.60. The molecule has 13 heavy (non-hydrogen) atoms. The Labute approximate surface area is 78.7 Å². The zero-order valence-electron chi connectivity index (χ0n) is 7.70. The molecule has 3 nitrogen and oxygen atoms in total. The maximum absolute atomic E-state index is 10.5. The minimum absolute atomic E-state index is 0.0701. The molecule has 0 saturated heterocycles. The standard InChI is InChI=1S/C10H15NO2/c1-2-6-11(8-10(12)13)7-9-4-3-5-9/h1,9H,3-8H2,(H,12,13). The second kappa shape index (κ2) is 4.88. The number of terminal acetylenes is 1. The molecular formula is C10H15NO2. The quantitative estimate of drug-likeness (QED) is 0.638. The van der Waals surface area contributed by atoms with Crippen molar-refractivity contribution in [2.24, 2.45) is 5.92 Å². The third kappa shape index (κ3) is 3.47. The fraction of sp³-hybridized carbons (Fsp3) is 0.700. The van der Waals surface area contributed by atoms with Crippen molar-refractivity contribution < 1.29 is 9.90 Å². The molecule has 0 aromatic carbocycles. The van der Waals surface area contributed by atoms with Crippen LogP contribution in [-0.2, 0) is 4.79 Å². The topological polar surface area (TPSA) is 40.5 Å². The van der Waals surface area contributed by atoms with E-state index in [4.69, 9.17) is 11.5 Å². The van der Waals surface area contributed by atoms with E-state index in [-0.39, 0.29) is 6.54 Å². The van der Waals surface area contributed by atoms with Gasteiger partial charge in [0, 0.05) is 6.54 Å². The lowest BCUT2D eigenvalue weighted by atomic mass is 9.85. The van der Waals surface area contributed by atoms with E-state index < -0.39 is 5.97 Å². The molecule has 0 unspecified atom stereocenters. The Morgan fingerprint density at radius 1 is 1.62 bits per heavy atom. The minimum Gasteiger partial charge on any atom is -0.480 e. The first kappa shape index (κ1) is 10.1. The Bertz CT molecular complexity index is 215. The fourth-order valence-corrected chi connectivity index (χ4v) is 1.55. The van der Waals surface area contributed by atoms with Crippen LogP contribution in [0, 0.1) is 18.3 Å². The molecule has 1 aliphatic carbocycles. The predicted molar refractivity (Wildman–Crippen MR) is 50.2 cm³/mol. The summed E-state index contributed by atoms with van der Waals surface area (Å²) in [4.78, 5) is 12.3. The summed E-state index contributed by atoms with van der Waals surface area (Å²) in [6.07, 6.45) is 8.88. The Balaban J connectivity index is 2.28. The summed E-state index contributed by atoms with van der Waals surface area (Å²) in [5, 5.41) is 8.60. The van der Waals surface area contributed by atoms with Gasteiger partial charge in [0.1, 0.15) is 0 Å². The number of carboxylic acids is 1. The molecule has 0 aromatic heterocycles. The van der Waals surface area contributed by atoms with Crippen LogP contribution in [0.2, 0.25) is 0 Å². The highest BCUT2D eigenvalue weighted by Crippen LogP contribution is 2.26. The molecule has 72 valence electrons. The van der Waals surface area contributed by atoms with Crippen molar-refractivity contribution in [1.82, 2.24) is 4.90 Å². The molecule has 0 aliphatic heterocycles. The number of hydrogen-bond acceptors (Lipinski definition) is 2. The van der Waals surface area contributed by atoms with E-state index >= 15 is 0 Å². The second-order valence-corrected chi connectivity index (χ2v) is 3.56. The van der Waals surface area contributed by atoms with Crippen LogP contribution < -0.4 is 0 Å². The van der Waals surface area contributed by atoms with E-state index in [1.165, 1.54) is 19.3 Å². The van der Waals surface area contributed by atoms with Gasteiger partial charge in [0.05, 0.1) is 13.1 Å². The van der Waals surface area contributed by atoms with E-state index in [0.717, 1.165) is 6.54 Å². The molecule has 0 bridgehead atoms. The predicted octanol–water partition coefficient (Wildman–Crippen LogP) is 0.806. The van der Waals surface area contributed by atoms with Crippen LogP contribution in [0.1, 0.15) is 19.3 Å². The van der Waals surface area contributed by atoms with Gasteiger partial charge in [-0.1, -0.05) is 12.3 Å². The van der Waals surface area contributed by atoms with Crippen LogP contribution in [0.4, 0.5) is 0 Å². The number of carbonyl (C=O) groups is 1. The van der Waals surface area contributed by atoms with Crippen LogP contribution in [0.3, 0.4) is 0 Å². The van der Waals surface area contributed by atoms with Crippen molar-refractivity contribution in [2.45, 2.75) is 19.3 Å². The first-order valence-electron chi connectivity index (χ1n) is 4.60. The molecule has 1 N–H and O–H groups in total. The van der Waals surface area contributed by atoms with Gasteiger partial charge in [-0.2, -0.15) is 0 Å². The van der Waals surface area contributed by atoms with Gasteiger partial charge < -0.3 is 5.11 Å². The van der Waals surface area contributed by atoms with E-state index in [1.54, 1.807) is 0 Å². The Morgan fingerprint density at radius 2 is 2.31 bits per heavy atom. The van der Waals surface area contributed by atoms with Crippen molar-refractivity contribution >= 4 is 5.97 Å². The highest BCUT2D eigenvalue weighted by Gasteiger charge is 2.21. The smallest absolute Gasteiger partial charge is 0.317 e. The molecular weight excluding hydrogens is 166 g/mol. The van der Waals surface area contributed by atoms with Crippen LogP contribution in [-0.4, -0.2) is 35.6 Å². The maximum atomic E-state index is 10.5. The van der Waals surface area contributed by atoms with Crippen molar-refractivity contribution in [3.63, 3.8) is 0 Å². The highest BCUT2D eigenvalue weighted by molar-refractivity contribution is 5.69. The Hall–Kier alpha value is -1.01. The Morgan fingerprint density at radius 3 is 2.69 bits per heavy atom. The lowest BCUT2D eigenvalue weighted by molar-refractivity contribution is -0.138. The normalized spacial score (nSPS) is 16.6. The number of rotatable bonds is 5. The highest BCUT2D eigenvalue weighted by atomic mass is 16.4. The zero-order valence-corrected chi connectivity index (χ0v) is 7.70. The number of aliphatic carboxylic acids is 1. The van der Waals surface area contributed by atoms with Gasteiger partial charge in [-0.3, -0.25) is 9.69 Å². The van der Waals surface area contributed by atoms with Crippen LogP contribution in [0.5, 0.6) is 0 Å². The van der Waals surface area contributed by atoms with Crippen LogP contribution in [0.15, 0.2) is 0 Å². The first-order chi connectivity index (χ1) is 6.22. The molecule has 0 amide bonds. The monoisotopic (exact) mass is 181 g/mol. The lowest BCUT2D eigenvalue weighted by Crippen LogP contribution is -2.36. The minimum atomic E-state index is -0.797. The molecule has 1 fully saturated rings. The average Bonchev–Trinajstić information content (AvgIpc) is 1.96. The molecule has 0 atom stereocenters. The van der Waals surface area contributed by atoms with Crippen molar-refractivity contribution in [3.8, 4) is 12.3 Å². The third-order valence-corrected chi connectivity index (χ3v) is 2.41. The third-order valence-electron chi connectivity index (χ3n) is 2.41. The summed E-state index contributed by atoms with van der Waals surface area (Å²) in [5.74, 6) is 2.37. The van der Waals surface area contributed by atoms with E-state index in [1.807, 2.05) is 4.90 Å². The van der Waals surface area contributed by atoms with Crippen molar-refractivity contribution in [1.29, 1.82) is 0 Å². The molecule has 0 heterocycles. The number of nitrogens with zero attached hydrogens (tertiary/aromatic N) is 1. The summed E-state index contributed by atoms with van der Waals surface area (Å²) in [6, 6.07) is 0. The van der Waals surface area contributed by atoms with Crippen LogP contribution in [0.25, 0.3) is 0 Å². The van der Waals surface area contributed by atoms with E-state index in [2.05, 4.69) is 5.92 Å². The zero-order chi connectivity index (χ0) is 9.68. The second-order valence-electron chi connectivity index (χ2n) is 3.56. The van der Waals surface area contributed by atoms with Gasteiger partial charge in [-0.25, -0.2) is 0 Å². The SMILES string of the molecule is C#CCN(CC(=O)O)CC1CCC1. The van der Waals surface area contributed by atoms with Gasteiger partial charge in [0.25, 0.3) is 0 Å². The van der Waals surface area contributed by atoms with E-state index in [9.17, 15) is 4.79 Å². The fourth-order valence-electron chi connectivity index (χ4n) is 1.55. The summed E-state index contributed by atoms with van der Waals surface area (Å²) in [7, 11) is 0. The molecule has 0 aromatic rings. The number of hydrogen-bond donors (Lipinski definition) is 1. The van der Waals surface area contributed by atoms with Gasteiger partial charge in [-0.15, -0.1) is 6.42 Å². The summed E-state index contributed by atoms with van der Waals surface area (Å²) >= 11 is 0. The Kier molecular flexibility index (Phi) is 3.78. The number of carboxylic acid groups (broad SMARTS) is 1. The largest absolute Gasteiger partial charge is 0.480 e. The molecule has 0 spiro atoms. The molecule has 1 aliphatic rings. The molecule has 3 heteroatoms. The summed E-state index contributed by atoms with van der Waals surface area (Å²) < 4.78 is 0.